The Labute approximate surface area is 114 Å². The first kappa shape index (κ1) is 14.4. The number of hydrogen-bond donors (Lipinski definition) is 1. The molecule has 0 saturated carbocycles. The molecular weight excluding hydrogens is 244 g/mol. The van der Waals surface area contributed by atoms with Crippen molar-refractivity contribution in [1.29, 1.82) is 0 Å². The Hall–Kier alpha value is -0.980. The molecule has 6 heteroatoms. The van der Waals surface area contributed by atoms with Gasteiger partial charge in [0.25, 0.3) is 0 Å². The first-order valence-electron chi connectivity index (χ1n) is 7.12. The van der Waals surface area contributed by atoms with Gasteiger partial charge >= 0.3 is 0 Å². The average Bonchev–Trinajstić information content (AvgIpc) is 2.93. The topological polar surface area (TPSA) is 63.4 Å². The molecule has 19 heavy (non-hydrogen) atoms. The number of nitrogens with one attached hydrogen (secondary N) is 1. The number of rotatable bonds is 6. The van der Waals surface area contributed by atoms with Crippen molar-refractivity contribution in [3.8, 4) is 0 Å². The van der Waals surface area contributed by atoms with Gasteiger partial charge in [-0.1, -0.05) is 19.0 Å². The Morgan fingerprint density at radius 2 is 2.32 bits per heavy atom. The average molecular weight is 268 g/mol. The summed E-state index contributed by atoms with van der Waals surface area (Å²) in [6, 6.07) is 0.455. The molecule has 0 amide bonds. The standard InChI is InChI=1S/C13H24N4O2/c1-4-10(3)14-8-12-15-13(16-19-12)11-9-17(5-2)6-7-18-11/h10-11,14H,4-9H2,1-3H3. The minimum atomic E-state index is -0.0604. The Kier molecular flexibility index (Phi) is 5.30. The molecule has 6 nitrogen and oxygen atoms in total. The first-order chi connectivity index (χ1) is 9.22. The molecule has 0 aromatic carbocycles. The van der Waals surface area contributed by atoms with Crippen LogP contribution in [0.5, 0.6) is 0 Å². The fourth-order valence-electron chi connectivity index (χ4n) is 2.02. The van der Waals surface area contributed by atoms with E-state index < -0.39 is 0 Å². The molecular formula is C13H24N4O2. The van der Waals surface area contributed by atoms with Crippen LogP contribution >= 0.6 is 0 Å². The molecule has 2 rings (SSSR count). The summed E-state index contributed by atoms with van der Waals surface area (Å²) in [5.74, 6) is 1.30. The molecule has 1 saturated heterocycles. The number of aromatic nitrogens is 2. The maximum absolute atomic E-state index is 5.71. The normalized spacial score (nSPS) is 22.6. The van der Waals surface area contributed by atoms with E-state index in [0.29, 0.717) is 24.3 Å². The molecule has 2 heterocycles. The zero-order chi connectivity index (χ0) is 13.7. The maximum Gasteiger partial charge on any atom is 0.240 e. The highest BCUT2D eigenvalue weighted by molar-refractivity contribution is 4.94. The predicted octanol–water partition coefficient (Wildman–Crippen LogP) is 1.35. The van der Waals surface area contributed by atoms with Crippen molar-refractivity contribution in [2.24, 2.45) is 0 Å². The summed E-state index contributed by atoms with van der Waals surface area (Å²) in [6.45, 7) is 10.6. The number of morpholine rings is 1. The van der Waals surface area contributed by atoms with Gasteiger partial charge in [0, 0.05) is 19.1 Å². The van der Waals surface area contributed by atoms with E-state index in [-0.39, 0.29) is 6.10 Å². The maximum atomic E-state index is 5.71. The van der Waals surface area contributed by atoms with E-state index in [1.54, 1.807) is 0 Å². The Bertz CT molecular complexity index is 382. The third-order valence-corrected chi connectivity index (χ3v) is 3.58. The van der Waals surface area contributed by atoms with Crippen molar-refractivity contribution in [3.63, 3.8) is 0 Å². The summed E-state index contributed by atoms with van der Waals surface area (Å²) >= 11 is 0. The third kappa shape index (κ3) is 3.99. The van der Waals surface area contributed by atoms with Crippen LogP contribution in [0.1, 0.15) is 45.0 Å². The van der Waals surface area contributed by atoms with Gasteiger partial charge in [0.05, 0.1) is 13.2 Å². The largest absolute Gasteiger partial charge is 0.367 e. The summed E-state index contributed by atoms with van der Waals surface area (Å²) in [5.41, 5.74) is 0. The zero-order valence-corrected chi connectivity index (χ0v) is 12.1. The van der Waals surface area contributed by atoms with Crippen LogP contribution in [-0.2, 0) is 11.3 Å². The van der Waals surface area contributed by atoms with Crippen LogP contribution in [0, 0.1) is 0 Å². The van der Waals surface area contributed by atoms with Crippen molar-refractivity contribution in [2.75, 3.05) is 26.2 Å². The smallest absolute Gasteiger partial charge is 0.240 e. The lowest BCUT2D eigenvalue weighted by molar-refractivity contribution is -0.0334. The van der Waals surface area contributed by atoms with Gasteiger partial charge in [-0.2, -0.15) is 4.98 Å². The van der Waals surface area contributed by atoms with E-state index in [1.807, 2.05) is 0 Å². The van der Waals surface area contributed by atoms with Gasteiger partial charge in [-0.05, 0) is 19.9 Å². The van der Waals surface area contributed by atoms with Gasteiger partial charge in [-0.3, -0.25) is 4.90 Å². The summed E-state index contributed by atoms with van der Waals surface area (Å²) in [5, 5.41) is 7.37. The van der Waals surface area contributed by atoms with E-state index >= 15 is 0 Å². The zero-order valence-electron chi connectivity index (χ0n) is 12.1. The SMILES string of the molecule is CCC(C)NCc1nc(C2CN(CC)CCO2)no1. The molecule has 108 valence electrons. The lowest BCUT2D eigenvalue weighted by atomic mass is 10.2. The molecule has 0 bridgehead atoms. The van der Waals surface area contributed by atoms with E-state index in [1.165, 1.54) is 0 Å². The molecule has 1 aliphatic rings. The van der Waals surface area contributed by atoms with Gasteiger partial charge in [-0.15, -0.1) is 0 Å². The molecule has 2 atom stereocenters. The van der Waals surface area contributed by atoms with E-state index in [4.69, 9.17) is 9.26 Å². The van der Waals surface area contributed by atoms with Gasteiger partial charge in [-0.25, -0.2) is 0 Å². The number of likely N-dealkylation sites (N-methyl/N-ethyl adjacent to an activating group) is 1. The molecule has 1 N–H and O–H groups in total. The van der Waals surface area contributed by atoms with Gasteiger partial charge in [0.1, 0.15) is 6.10 Å². The minimum Gasteiger partial charge on any atom is -0.367 e. The Morgan fingerprint density at radius 1 is 1.47 bits per heavy atom. The molecule has 2 unspecified atom stereocenters. The van der Waals surface area contributed by atoms with E-state index in [9.17, 15) is 0 Å². The van der Waals surface area contributed by atoms with Crippen LogP contribution in [0.2, 0.25) is 0 Å². The van der Waals surface area contributed by atoms with Crippen LogP contribution < -0.4 is 5.32 Å². The molecule has 1 aliphatic heterocycles. The van der Waals surface area contributed by atoms with Gasteiger partial charge < -0.3 is 14.6 Å². The van der Waals surface area contributed by atoms with Crippen molar-refractivity contribution < 1.29 is 9.26 Å². The van der Waals surface area contributed by atoms with E-state index in [2.05, 4.69) is 41.1 Å². The van der Waals surface area contributed by atoms with Gasteiger partial charge in [0.15, 0.2) is 0 Å². The van der Waals surface area contributed by atoms with E-state index in [0.717, 1.165) is 32.7 Å². The number of nitrogens with zero attached hydrogens (tertiary/aromatic N) is 3. The van der Waals surface area contributed by atoms with Crippen molar-refractivity contribution in [2.45, 2.75) is 45.9 Å². The molecule has 1 fully saturated rings. The highest BCUT2D eigenvalue weighted by Crippen LogP contribution is 2.19. The predicted molar refractivity (Wildman–Crippen MR) is 71.7 cm³/mol. The minimum absolute atomic E-state index is 0.0604. The summed E-state index contributed by atoms with van der Waals surface area (Å²) in [4.78, 5) is 6.75. The summed E-state index contributed by atoms with van der Waals surface area (Å²) in [6.07, 6.45) is 1.02. The second kappa shape index (κ2) is 6.98. The Morgan fingerprint density at radius 3 is 3.05 bits per heavy atom. The van der Waals surface area contributed by atoms with Crippen LogP contribution in [0.3, 0.4) is 0 Å². The Balaban J connectivity index is 1.89. The summed E-state index contributed by atoms with van der Waals surface area (Å²) in [7, 11) is 0. The third-order valence-electron chi connectivity index (χ3n) is 3.58. The summed E-state index contributed by atoms with van der Waals surface area (Å²) < 4.78 is 11.0. The second-order valence-corrected chi connectivity index (χ2v) is 4.99. The molecule has 1 aromatic rings. The van der Waals surface area contributed by atoms with Crippen LogP contribution in [0.15, 0.2) is 4.52 Å². The van der Waals surface area contributed by atoms with Crippen LogP contribution in [0.4, 0.5) is 0 Å². The highest BCUT2D eigenvalue weighted by atomic mass is 16.5. The van der Waals surface area contributed by atoms with Gasteiger partial charge in [0.2, 0.25) is 11.7 Å². The lowest BCUT2D eigenvalue weighted by Crippen LogP contribution is -2.38. The highest BCUT2D eigenvalue weighted by Gasteiger charge is 2.25. The van der Waals surface area contributed by atoms with Crippen molar-refractivity contribution in [1.82, 2.24) is 20.4 Å². The van der Waals surface area contributed by atoms with Crippen LogP contribution in [0.25, 0.3) is 0 Å². The quantitative estimate of drug-likeness (QED) is 0.840. The molecule has 0 radical (unpaired) electrons. The fraction of sp³-hybridized carbons (Fsp3) is 0.846. The monoisotopic (exact) mass is 268 g/mol. The molecule has 0 spiro atoms. The van der Waals surface area contributed by atoms with Crippen molar-refractivity contribution >= 4 is 0 Å². The first-order valence-corrected chi connectivity index (χ1v) is 7.12. The van der Waals surface area contributed by atoms with Crippen LogP contribution in [-0.4, -0.2) is 47.3 Å². The number of hydrogen-bond acceptors (Lipinski definition) is 6. The second-order valence-electron chi connectivity index (χ2n) is 4.99. The molecule has 1 aromatic heterocycles. The fourth-order valence-corrected chi connectivity index (χ4v) is 2.02. The number of ether oxygens (including phenoxy) is 1. The lowest BCUT2D eigenvalue weighted by Gasteiger charge is -2.30. The van der Waals surface area contributed by atoms with Crippen molar-refractivity contribution in [3.05, 3.63) is 11.7 Å². The molecule has 0 aliphatic carbocycles.